The Morgan fingerprint density at radius 3 is 2.69 bits per heavy atom. The molecule has 4 rings (SSSR count). The van der Waals surface area contributed by atoms with E-state index in [1.54, 1.807) is 19.1 Å². The van der Waals surface area contributed by atoms with Gasteiger partial charge >= 0.3 is 6.03 Å². The highest BCUT2D eigenvalue weighted by molar-refractivity contribution is 6.00. The van der Waals surface area contributed by atoms with Gasteiger partial charge in [0.1, 0.15) is 24.2 Å². The van der Waals surface area contributed by atoms with Crippen LogP contribution in [-0.4, -0.2) is 78.9 Å². The van der Waals surface area contributed by atoms with Crippen molar-refractivity contribution in [1.29, 1.82) is 0 Å². The summed E-state index contributed by atoms with van der Waals surface area (Å²) in [7, 11) is 3.46. The van der Waals surface area contributed by atoms with Gasteiger partial charge in [0.25, 0.3) is 5.91 Å². The maximum absolute atomic E-state index is 13.4. The molecule has 8 heteroatoms. The third-order valence-electron chi connectivity index (χ3n) is 6.22. The summed E-state index contributed by atoms with van der Waals surface area (Å²) < 4.78 is 5.59. The number of anilines is 1. The third kappa shape index (κ3) is 3.24. The number of urea groups is 1. The topological polar surface area (TPSA) is 68.4 Å². The van der Waals surface area contributed by atoms with Gasteiger partial charge in [-0.1, -0.05) is 32.4 Å². The molecule has 29 heavy (non-hydrogen) atoms. The lowest BCUT2D eigenvalue weighted by atomic mass is 10.0. The van der Waals surface area contributed by atoms with Crippen molar-refractivity contribution in [1.82, 2.24) is 20.0 Å². The zero-order valence-electron chi connectivity index (χ0n) is 17.7. The molecule has 3 aliphatic rings. The summed E-state index contributed by atoms with van der Waals surface area (Å²) in [6, 6.07) is 7.36. The number of carbonyl (C=O) groups excluding carboxylic acids is 2. The highest BCUT2D eigenvalue weighted by Crippen LogP contribution is 2.37. The molecule has 0 bridgehead atoms. The SMILES string of the molecule is CCCCN1C(=O)C2C(NC3N(c4ccccc4OC)CC(C)CN23)N(C)C1=O. The van der Waals surface area contributed by atoms with E-state index in [9.17, 15) is 9.59 Å². The highest BCUT2D eigenvalue weighted by Gasteiger charge is 2.56. The van der Waals surface area contributed by atoms with Gasteiger partial charge in [-0.05, 0) is 24.5 Å². The van der Waals surface area contributed by atoms with Crippen molar-refractivity contribution < 1.29 is 14.3 Å². The Hall–Kier alpha value is -2.32. The van der Waals surface area contributed by atoms with E-state index in [4.69, 9.17) is 4.74 Å². The van der Waals surface area contributed by atoms with Gasteiger partial charge in [-0.3, -0.25) is 19.9 Å². The lowest BCUT2D eigenvalue weighted by Crippen LogP contribution is -2.66. The predicted molar refractivity (Wildman–Crippen MR) is 110 cm³/mol. The fraction of sp³-hybridized carbons (Fsp3) is 0.619. The minimum atomic E-state index is -0.375. The smallest absolute Gasteiger partial charge is 0.327 e. The van der Waals surface area contributed by atoms with Crippen LogP contribution >= 0.6 is 0 Å². The zero-order chi connectivity index (χ0) is 20.7. The maximum atomic E-state index is 13.4. The monoisotopic (exact) mass is 401 g/mol. The molecule has 4 atom stereocenters. The summed E-state index contributed by atoms with van der Waals surface area (Å²) in [6.07, 6.45) is 1.27. The predicted octanol–water partition coefficient (Wildman–Crippen LogP) is 1.73. The standard InChI is InChI=1S/C21H31N5O3/c1-5-6-11-24-19(27)17-18(23(3)21(24)28)22-20-25(12-14(2)13-26(17)20)15-9-7-8-10-16(15)29-4/h7-10,14,17-18,20,22H,5-6,11-13H2,1-4H3. The molecule has 0 saturated carbocycles. The van der Waals surface area contributed by atoms with Crippen molar-refractivity contribution in [2.45, 2.75) is 45.2 Å². The van der Waals surface area contributed by atoms with Crippen LogP contribution in [0.5, 0.6) is 5.75 Å². The molecule has 1 N–H and O–H groups in total. The van der Waals surface area contributed by atoms with Crippen LogP contribution in [0.25, 0.3) is 0 Å². The molecule has 158 valence electrons. The van der Waals surface area contributed by atoms with E-state index in [-0.39, 0.29) is 30.4 Å². The fourth-order valence-electron chi connectivity index (χ4n) is 4.79. The van der Waals surface area contributed by atoms with Crippen molar-refractivity contribution in [3.8, 4) is 5.75 Å². The number of nitrogens with zero attached hydrogens (tertiary/aromatic N) is 4. The molecule has 0 aliphatic carbocycles. The second-order valence-corrected chi connectivity index (χ2v) is 8.29. The van der Waals surface area contributed by atoms with Crippen LogP contribution < -0.4 is 15.0 Å². The van der Waals surface area contributed by atoms with Gasteiger partial charge in [0, 0.05) is 26.7 Å². The number of amides is 3. The molecule has 3 fully saturated rings. The Kier molecular flexibility index (Phi) is 5.40. The first-order valence-electron chi connectivity index (χ1n) is 10.5. The van der Waals surface area contributed by atoms with Crippen LogP contribution in [0.3, 0.4) is 0 Å². The Morgan fingerprint density at radius 1 is 1.21 bits per heavy atom. The number of ether oxygens (including phenoxy) is 1. The van der Waals surface area contributed by atoms with Crippen molar-refractivity contribution in [2.24, 2.45) is 5.92 Å². The van der Waals surface area contributed by atoms with Crippen molar-refractivity contribution in [3.63, 3.8) is 0 Å². The fourth-order valence-corrected chi connectivity index (χ4v) is 4.79. The molecule has 3 amide bonds. The number of nitrogens with one attached hydrogen (secondary N) is 1. The van der Waals surface area contributed by atoms with Gasteiger partial charge < -0.3 is 14.5 Å². The molecule has 1 aromatic carbocycles. The summed E-state index contributed by atoms with van der Waals surface area (Å²) in [5.41, 5.74) is 0.993. The largest absolute Gasteiger partial charge is 0.495 e. The zero-order valence-corrected chi connectivity index (χ0v) is 17.7. The first-order valence-corrected chi connectivity index (χ1v) is 10.5. The second kappa shape index (κ2) is 7.84. The summed E-state index contributed by atoms with van der Waals surface area (Å²) in [5.74, 6) is 1.09. The van der Waals surface area contributed by atoms with E-state index in [2.05, 4.69) is 29.0 Å². The lowest BCUT2D eigenvalue weighted by molar-refractivity contribution is -0.138. The molecular weight excluding hydrogens is 370 g/mol. The summed E-state index contributed by atoms with van der Waals surface area (Å²) in [6.45, 7) is 6.39. The molecule has 8 nitrogen and oxygen atoms in total. The Morgan fingerprint density at radius 2 is 1.97 bits per heavy atom. The van der Waals surface area contributed by atoms with E-state index in [0.717, 1.165) is 37.4 Å². The molecule has 3 aliphatic heterocycles. The van der Waals surface area contributed by atoms with Crippen molar-refractivity contribution in [3.05, 3.63) is 24.3 Å². The van der Waals surface area contributed by atoms with Crippen molar-refractivity contribution >= 4 is 17.6 Å². The molecule has 0 radical (unpaired) electrons. The number of unbranched alkanes of at least 4 members (excludes halogenated alkanes) is 1. The maximum Gasteiger partial charge on any atom is 0.327 e. The first kappa shape index (κ1) is 20.0. The van der Waals surface area contributed by atoms with E-state index in [1.807, 2.05) is 24.3 Å². The average Bonchev–Trinajstić information content (AvgIpc) is 3.11. The number of rotatable bonds is 5. The number of hydrogen-bond acceptors (Lipinski definition) is 6. The van der Waals surface area contributed by atoms with Gasteiger partial charge in [0.05, 0.1) is 12.8 Å². The van der Waals surface area contributed by atoms with Crippen LogP contribution in [0.4, 0.5) is 10.5 Å². The Labute approximate surface area is 172 Å². The van der Waals surface area contributed by atoms with Crippen LogP contribution in [0.1, 0.15) is 26.7 Å². The average molecular weight is 402 g/mol. The molecule has 4 unspecified atom stereocenters. The number of benzene rings is 1. The van der Waals surface area contributed by atoms with Gasteiger partial charge in [-0.25, -0.2) is 4.79 Å². The number of para-hydroxylation sites is 2. The quantitative estimate of drug-likeness (QED) is 0.811. The molecule has 3 saturated heterocycles. The van der Waals surface area contributed by atoms with Crippen LogP contribution in [0.2, 0.25) is 0 Å². The van der Waals surface area contributed by atoms with E-state index < -0.39 is 0 Å². The number of likely N-dealkylation sites (N-methyl/N-ethyl adjacent to an activating group) is 1. The van der Waals surface area contributed by atoms with Crippen LogP contribution in [0, 0.1) is 5.92 Å². The highest BCUT2D eigenvalue weighted by atomic mass is 16.5. The summed E-state index contributed by atoms with van der Waals surface area (Å²) in [4.78, 5) is 33.8. The molecular formula is C21H31N5O3. The van der Waals surface area contributed by atoms with E-state index >= 15 is 0 Å². The first-order chi connectivity index (χ1) is 14.0. The number of methoxy groups -OCH3 is 1. The number of imide groups is 1. The molecule has 3 heterocycles. The van der Waals surface area contributed by atoms with Crippen LogP contribution in [0.15, 0.2) is 24.3 Å². The Bertz CT molecular complexity index is 787. The number of fused-ring (bicyclic) bond motifs is 3. The van der Waals surface area contributed by atoms with Crippen LogP contribution in [-0.2, 0) is 4.79 Å². The van der Waals surface area contributed by atoms with E-state index in [0.29, 0.717) is 12.5 Å². The normalized spacial score (nSPS) is 29.9. The Balaban J connectivity index is 1.68. The molecule has 1 aromatic rings. The summed E-state index contributed by atoms with van der Waals surface area (Å²) in [5, 5.41) is 3.56. The minimum absolute atomic E-state index is 0.0874. The molecule has 0 aromatic heterocycles. The van der Waals surface area contributed by atoms with Gasteiger partial charge in [-0.2, -0.15) is 0 Å². The van der Waals surface area contributed by atoms with Gasteiger partial charge in [0.2, 0.25) is 0 Å². The number of hydrogen-bond donors (Lipinski definition) is 1. The summed E-state index contributed by atoms with van der Waals surface area (Å²) >= 11 is 0. The van der Waals surface area contributed by atoms with Gasteiger partial charge in [0.15, 0.2) is 0 Å². The lowest BCUT2D eigenvalue weighted by Gasteiger charge is -2.46. The molecule has 0 spiro atoms. The second-order valence-electron chi connectivity index (χ2n) is 8.29. The minimum Gasteiger partial charge on any atom is -0.495 e. The number of carbonyl (C=O) groups is 2. The van der Waals surface area contributed by atoms with Gasteiger partial charge in [-0.15, -0.1) is 0 Å². The third-order valence-corrected chi connectivity index (χ3v) is 6.22. The van der Waals surface area contributed by atoms with Crippen molar-refractivity contribution in [2.75, 3.05) is 38.7 Å². The van der Waals surface area contributed by atoms with E-state index in [1.165, 1.54) is 4.90 Å².